The molecule has 1 aromatic heterocycles. The average Bonchev–Trinajstić information content (AvgIpc) is 3.07. The summed E-state index contributed by atoms with van der Waals surface area (Å²) in [6.07, 6.45) is 4.03. The number of hydrogen-bond donors (Lipinski definition) is 2. The largest absolute Gasteiger partial charge is 0.324 e. The van der Waals surface area contributed by atoms with Gasteiger partial charge in [-0.25, -0.2) is 4.99 Å². The molecule has 1 aliphatic heterocycles. The normalized spacial score (nSPS) is 16.3. The van der Waals surface area contributed by atoms with Crippen LogP contribution in [-0.2, 0) is 9.59 Å². The SMILES string of the molecule is CC(C)CC(=O)Nc1ccccc1N=C1NC(=O)C(=Cc2ccc3ncccc3c2)S1. The van der Waals surface area contributed by atoms with Gasteiger partial charge >= 0.3 is 0 Å². The summed E-state index contributed by atoms with van der Waals surface area (Å²) in [7, 11) is 0. The van der Waals surface area contributed by atoms with Gasteiger partial charge in [-0.15, -0.1) is 0 Å². The predicted molar refractivity (Wildman–Crippen MR) is 127 cm³/mol. The van der Waals surface area contributed by atoms with E-state index in [2.05, 4.69) is 20.6 Å². The van der Waals surface area contributed by atoms with Crippen LogP contribution in [0.15, 0.2) is 70.7 Å². The first-order valence-electron chi connectivity index (χ1n) is 10.0. The number of aromatic nitrogens is 1. The van der Waals surface area contributed by atoms with Crippen molar-refractivity contribution in [2.24, 2.45) is 10.9 Å². The maximum Gasteiger partial charge on any atom is 0.264 e. The van der Waals surface area contributed by atoms with Gasteiger partial charge in [-0.2, -0.15) is 0 Å². The molecule has 1 fully saturated rings. The molecule has 2 heterocycles. The second kappa shape index (κ2) is 9.14. The molecular weight excluding hydrogens is 408 g/mol. The number of thioether (sulfide) groups is 1. The molecular formula is C24H22N4O2S. The molecule has 156 valence electrons. The molecule has 0 saturated carbocycles. The van der Waals surface area contributed by atoms with Gasteiger partial charge in [0.05, 0.1) is 21.8 Å². The van der Waals surface area contributed by atoms with Crippen molar-refractivity contribution in [3.8, 4) is 0 Å². The van der Waals surface area contributed by atoms with Crippen LogP contribution >= 0.6 is 11.8 Å². The highest BCUT2D eigenvalue weighted by Gasteiger charge is 2.24. The number of nitrogens with zero attached hydrogens (tertiary/aromatic N) is 2. The van der Waals surface area contributed by atoms with E-state index in [9.17, 15) is 9.59 Å². The summed E-state index contributed by atoms with van der Waals surface area (Å²) in [5.41, 5.74) is 3.04. The van der Waals surface area contributed by atoms with Crippen molar-refractivity contribution < 1.29 is 9.59 Å². The van der Waals surface area contributed by atoms with Gasteiger partial charge < -0.3 is 10.6 Å². The first kappa shape index (κ1) is 20.8. The summed E-state index contributed by atoms with van der Waals surface area (Å²) in [4.78, 5) is 34.1. The quantitative estimate of drug-likeness (QED) is 0.551. The minimum absolute atomic E-state index is 0.0582. The van der Waals surface area contributed by atoms with Gasteiger partial charge in [0.1, 0.15) is 0 Å². The standard InChI is InChI=1S/C24H22N4O2S/c1-15(2)12-22(29)26-19-7-3-4-8-20(19)27-24-28-23(30)21(31-24)14-16-9-10-18-17(13-16)6-5-11-25-18/h3-11,13-15H,12H2,1-2H3,(H,26,29)(H,27,28,30). The van der Waals surface area contributed by atoms with E-state index in [0.29, 0.717) is 27.9 Å². The number of carbonyl (C=O) groups is 2. The Balaban J connectivity index is 1.55. The van der Waals surface area contributed by atoms with Crippen LogP contribution in [0.3, 0.4) is 0 Å². The lowest BCUT2D eigenvalue weighted by molar-refractivity contribution is -0.117. The van der Waals surface area contributed by atoms with E-state index in [4.69, 9.17) is 0 Å². The topological polar surface area (TPSA) is 83.5 Å². The summed E-state index contributed by atoms with van der Waals surface area (Å²) >= 11 is 1.27. The second-order valence-corrected chi connectivity index (χ2v) is 8.63. The second-order valence-electron chi connectivity index (χ2n) is 7.60. The maximum atomic E-state index is 12.5. The zero-order valence-electron chi connectivity index (χ0n) is 17.3. The Hall–Kier alpha value is -3.45. The molecule has 2 N–H and O–H groups in total. The summed E-state index contributed by atoms with van der Waals surface area (Å²) in [5, 5.41) is 7.20. The van der Waals surface area contributed by atoms with Gasteiger partial charge in [0, 0.05) is 18.0 Å². The van der Waals surface area contributed by atoms with Crippen molar-refractivity contribution in [2.45, 2.75) is 20.3 Å². The van der Waals surface area contributed by atoms with Gasteiger partial charge in [0.25, 0.3) is 5.91 Å². The number of fused-ring (bicyclic) bond motifs is 1. The number of aliphatic imine (C=N–C) groups is 1. The van der Waals surface area contributed by atoms with E-state index in [-0.39, 0.29) is 17.7 Å². The number of rotatable bonds is 5. The number of amidine groups is 1. The third-order valence-electron chi connectivity index (χ3n) is 4.57. The van der Waals surface area contributed by atoms with Crippen LogP contribution < -0.4 is 10.6 Å². The number of para-hydroxylation sites is 2. The van der Waals surface area contributed by atoms with Gasteiger partial charge in [0.15, 0.2) is 5.17 Å². The van der Waals surface area contributed by atoms with Gasteiger partial charge in [0.2, 0.25) is 5.91 Å². The van der Waals surface area contributed by atoms with Crippen LogP contribution in [0.5, 0.6) is 0 Å². The van der Waals surface area contributed by atoms with E-state index in [1.807, 2.05) is 68.5 Å². The fourth-order valence-electron chi connectivity index (χ4n) is 3.17. The Bertz CT molecular complexity index is 1220. The number of nitrogens with one attached hydrogen (secondary N) is 2. The lowest BCUT2D eigenvalue weighted by Gasteiger charge is -2.09. The number of anilines is 1. The molecule has 0 unspecified atom stereocenters. The molecule has 2 aromatic carbocycles. The molecule has 31 heavy (non-hydrogen) atoms. The monoisotopic (exact) mass is 430 g/mol. The molecule has 1 saturated heterocycles. The minimum atomic E-state index is -0.198. The number of hydrogen-bond acceptors (Lipinski definition) is 5. The predicted octanol–water partition coefficient (Wildman–Crippen LogP) is 5.11. The van der Waals surface area contributed by atoms with E-state index >= 15 is 0 Å². The zero-order chi connectivity index (χ0) is 21.8. The molecule has 7 heteroatoms. The van der Waals surface area contributed by atoms with Gasteiger partial charge in [-0.3, -0.25) is 14.6 Å². The van der Waals surface area contributed by atoms with Crippen molar-refractivity contribution in [3.05, 3.63) is 71.3 Å². The van der Waals surface area contributed by atoms with Crippen LogP contribution in [0, 0.1) is 5.92 Å². The molecule has 6 nitrogen and oxygen atoms in total. The number of benzene rings is 2. The number of amides is 2. The average molecular weight is 431 g/mol. The molecule has 3 aromatic rings. The smallest absolute Gasteiger partial charge is 0.264 e. The fraction of sp³-hybridized carbons (Fsp3) is 0.167. The van der Waals surface area contributed by atoms with E-state index in [1.165, 1.54) is 11.8 Å². The van der Waals surface area contributed by atoms with Crippen molar-refractivity contribution >= 4 is 57.1 Å². The third-order valence-corrected chi connectivity index (χ3v) is 5.48. The van der Waals surface area contributed by atoms with Crippen molar-refractivity contribution in [1.82, 2.24) is 10.3 Å². The van der Waals surface area contributed by atoms with Gasteiger partial charge in [-0.1, -0.05) is 38.1 Å². The van der Waals surface area contributed by atoms with Crippen LogP contribution in [-0.4, -0.2) is 22.0 Å². The van der Waals surface area contributed by atoms with Crippen LogP contribution in [0.25, 0.3) is 17.0 Å². The highest BCUT2D eigenvalue weighted by atomic mass is 32.2. The first-order valence-corrected chi connectivity index (χ1v) is 10.8. The molecule has 0 aliphatic carbocycles. The molecule has 4 rings (SSSR count). The van der Waals surface area contributed by atoms with E-state index in [0.717, 1.165) is 16.5 Å². The maximum absolute atomic E-state index is 12.5. The molecule has 1 aliphatic rings. The summed E-state index contributed by atoms with van der Waals surface area (Å²) in [5.74, 6) is 0.00947. The molecule has 0 bridgehead atoms. The summed E-state index contributed by atoms with van der Waals surface area (Å²) in [6, 6.07) is 17.0. The van der Waals surface area contributed by atoms with Crippen molar-refractivity contribution in [2.75, 3.05) is 5.32 Å². The number of pyridine rings is 1. The van der Waals surface area contributed by atoms with Crippen LogP contribution in [0.2, 0.25) is 0 Å². The minimum Gasteiger partial charge on any atom is -0.324 e. The highest BCUT2D eigenvalue weighted by Crippen LogP contribution is 2.31. The van der Waals surface area contributed by atoms with E-state index in [1.54, 1.807) is 12.3 Å². The Morgan fingerprint density at radius 1 is 1.19 bits per heavy atom. The molecule has 2 amide bonds. The van der Waals surface area contributed by atoms with Crippen molar-refractivity contribution in [1.29, 1.82) is 0 Å². The molecule has 0 spiro atoms. The summed E-state index contributed by atoms with van der Waals surface area (Å²) in [6.45, 7) is 3.99. The lowest BCUT2D eigenvalue weighted by atomic mass is 10.1. The Morgan fingerprint density at radius 2 is 2.03 bits per heavy atom. The Kier molecular flexibility index (Phi) is 6.13. The van der Waals surface area contributed by atoms with Crippen molar-refractivity contribution in [3.63, 3.8) is 0 Å². The molecule has 0 radical (unpaired) electrons. The van der Waals surface area contributed by atoms with Crippen LogP contribution in [0.1, 0.15) is 25.8 Å². The Labute approximate surface area is 184 Å². The highest BCUT2D eigenvalue weighted by molar-refractivity contribution is 8.18. The number of carbonyl (C=O) groups excluding carboxylic acids is 2. The summed E-state index contributed by atoms with van der Waals surface area (Å²) < 4.78 is 0. The van der Waals surface area contributed by atoms with Gasteiger partial charge in [-0.05, 0) is 59.7 Å². The zero-order valence-corrected chi connectivity index (χ0v) is 18.1. The lowest BCUT2D eigenvalue weighted by Crippen LogP contribution is -2.19. The fourth-order valence-corrected chi connectivity index (χ4v) is 4.01. The molecule has 0 atom stereocenters. The van der Waals surface area contributed by atoms with Crippen LogP contribution in [0.4, 0.5) is 11.4 Å². The Morgan fingerprint density at radius 3 is 2.87 bits per heavy atom. The van der Waals surface area contributed by atoms with E-state index < -0.39 is 0 Å². The first-order chi connectivity index (χ1) is 15.0. The third kappa shape index (κ3) is 5.19.